The number of aromatic nitrogens is 2. The molecule has 0 saturated carbocycles. The minimum atomic E-state index is -0.334. The molecule has 0 saturated heterocycles. The zero-order chi connectivity index (χ0) is 15.4. The van der Waals surface area contributed by atoms with Gasteiger partial charge in [-0.1, -0.05) is 12.1 Å². The van der Waals surface area contributed by atoms with Gasteiger partial charge >= 0.3 is 0 Å². The fraction of sp³-hybridized carbons (Fsp3) is 0.438. The lowest BCUT2D eigenvalue weighted by molar-refractivity contribution is 0.170. The van der Waals surface area contributed by atoms with Gasteiger partial charge in [0.05, 0.1) is 6.20 Å². The quantitative estimate of drug-likeness (QED) is 0.889. The predicted octanol–water partition coefficient (Wildman–Crippen LogP) is 2.81. The van der Waals surface area contributed by atoms with Crippen LogP contribution >= 0.6 is 0 Å². The van der Waals surface area contributed by atoms with E-state index in [2.05, 4.69) is 10.4 Å². The largest absolute Gasteiger partial charge is 0.486 e. The van der Waals surface area contributed by atoms with E-state index in [-0.39, 0.29) is 23.7 Å². The molecule has 0 spiro atoms. The predicted molar refractivity (Wildman–Crippen MR) is 80.7 cm³/mol. The minimum absolute atomic E-state index is 0.0872. The van der Waals surface area contributed by atoms with E-state index in [0.29, 0.717) is 6.54 Å². The van der Waals surface area contributed by atoms with Crippen LogP contribution in [0.2, 0.25) is 0 Å². The highest BCUT2D eigenvalue weighted by Crippen LogP contribution is 2.18. The Morgan fingerprint density at radius 2 is 2.05 bits per heavy atom. The lowest BCUT2D eigenvalue weighted by atomic mass is 10.2. The lowest BCUT2D eigenvalue weighted by Gasteiger charge is -2.23. The Morgan fingerprint density at radius 3 is 2.67 bits per heavy atom. The molecule has 0 aliphatic carbocycles. The second-order valence-corrected chi connectivity index (χ2v) is 5.30. The Balaban J connectivity index is 1.89. The van der Waals surface area contributed by atoms with Gasteiger partial charge in [0, 0.05) is 30.9 Å². The fourth-order valence-electron chi connectivity index (χ4n) is 2.00. The molecule has 0 radical (unpaired) electrons. The maximum atomic E-state index is 13.6. The molecule has 2 atom stereocenters. The monoisotopic (exact) mass is 291 g/mol. The molecule has 1 aromatic carbocycles. The Labute approximate surface area is 124 Å². The molecular weight excluding hydrogens is 269 g/mol. The molecule has 5 heteroatoms. The van der Waals surface area contributed by atoms with E-state index in [4.69, 9.17) is 4.74 Å². The average molecular weight is 291 g/mol. The fourth-order valence-corrected chi connectivity index (χ4v) is 2.00. The molecule has 1 aromatic heterocycles. The van der Waals surface area contributed by atoms with E-state index in [1.807, 2.05) is 38.7 Å². The highest BCUT2D eigenvalue weighted by molar-refractivity contribution is 5.24. The molecule has 0 unspecified atom stereocenters. The second-order valence-electron chi connectivity index (χ2n) is 5.30. The molecule has 0 bridgehead atoms. The van der Waals surface area contributed by atoms with Gasteiger partial charge in [0.2, 0.25) is 0 Å². The number of hydrogen-bond donors (Lipinski definition) is 1. The number of aryl methyl sites for hydroxylation is 1. The Kier molecular flexibility index (Phi) is 4.96. The molecule has 2 aromatic rings. The van der Waals surface area contributed by atoms with Crippen molar-refractivity contribution in [3.63, 3.8) is 0 Å². The summed E-state index contributed by atoms with van der Waals surface area (Å²) in [7, 11) is 1.92. The second kappa shape index (κ2) is 6.72. The summed E-state index contributed by atoms with van der Waals surface area (Å²) in [6.45, 7) is 6.71. The van der Waals surface area contributed by atoms with Crippen molar-refractivity contribution in [2.75, 3.05) is 0 Å². The number of para-hydroxylation sites is 1. The molecule has 0 aliphatic heterocycles. The zero-order valence-electron chi connectivity index (χ0n) is 12.9. The summed E-state index contributed by atoms with van der Waals surface area (Å²) in [6.07, 6.45) is 1.72. The normalized spacial score (nSPS) is 14.0. The van der Waals surface area contributed by atoms with E-state index in [1.54, 1.807) is 18.2 Å². The number of nitrogens with one attached hydrogen (secondary N) is 1. The van der Waals surface area contributed by atoms with Crippen molar-refractivity contribution in [3.8, 4) is 5.75 Å². The summed E-state index contributed by atoms with van der Waals surface area (Å²) in [6, 6.07) is 6.55. The molecule has 114 valence electrons. The van der Waals surface area contributed by atoms with Crippen molar-refractivity contribution >= 4 is 0 Å². The van der Waals surface area contributed by atoms with Gasteiger partial charge in [-0.15, -0.1) is 0 Å². The molecule has 21 heavy (non-hydrogen) atoms. The van der Waals surface area contributed by atoms with Crippen molar-refractivity contribution in [2.24, 2.45) is 7.05 Å². The van der Waals surface area contributed by atoms with Gasteiger partial charge < -0.3 is 10.1 Å². The molecule has 0 amide bonds. The maximum Gasteiger partial charge on any atom is 0.165 e. The number of rotatable bonds is 6. The van der Waals surface area contributed by atoms with Crippen LogP contribution in [0, 0.1) is 12.7 Å². The highest BCUT2D eigenvalue weighted by atomic mass is 19.1. The third-order valence-corrected chi connectivity index (χ3v) is 3.81. The first-order valence-electron chi connectivity index (χ1n) is 7.11. The van der Waals surface area contributed by atoms with Crippen LogP contribution in [0.1, 0.15) is 25.1 Å². The first-order valence-corrected chi connectivity index (χ1v) is 7.11. The topological polar surface area (TPSA) is 39.1 Å². The van der Waals surface area contributed by atoms with Crippen LogP contribution in [-0.4, -0.2) is 21.9 Å². The third-order valence-electron chi connectivity index (χ3n) is 3.81. The van der Waals surface area contributed by atoms with E-state index >= 15 is 0 Å². The maximum absolute atomic E-state index is 13.6. The van der Waals surface area contributed by atoms with Gasteiger partial charge in [0.15, 0.2) is 11.6 Å². The van der Waals surface area contributed by atoms with Crippen molar-refractivity contribution in [1.82, 2.24) is 15.1 Å². The van der Waals surface area contributed by atoms with E-state index in [1.165, 1.54) is 6.07 Å². The van der Waals surface area contributed by atoms with Crippen LogP contribution in [0.15, 0.2) is 30.5 Å². The van der Waals surface area contributed by atoms with Crippen molar-refractivity contribution in [3.05, 3.63) is 47.5 Å². The van der Waals surface area contributed by atoms with Crippen LogP contribution < -0.4 is 10.1 Å². The summed E-state index contributed by atoms with van der Waals surface area (Å²) in [5.74, 6) is -0.0455. The Morgan fingerprint density at radius 1 is 1.33 bits per heavy atom. The van der Waals surface area contributed by atoms with E-state index in [0.717, 1.165) is 11.3 Å². The molecule has 0 fully saturated rings. The summed E-state index contributed by atoms with van der Waals surface area (Å²) >= 11 is 0. The summed E-state index contributed by atoms with van der Waals surface area (Å²) in [5.41, 5.74) is 2.29. The number of ether oxygens (including phenoxy) is 1. The number of nitrogens with zero attached hydrogens (tertiary/aromatic N) is 2. The molecule has 1 heterocycles. The van der Waals surface area contributed by atoms with Crippen molar-refractivity contribution < 1.29 is 9.13 Å². The first-order chi connectivity index (χ1) is 9.99. The summed E-state index contributed by atoms with van der Waals surface area (Å²) in [4.78, 5) is 0. The number of benzene rings is 1. The van der Waals surface area contributed by atoms with Gasteiger partial charge in [0.1, 0.15) is 6.10 Å². The highest BCUT2D eigenvalue weighted by Gasteiger charge is 2.16. The van der Waals surface area contributed by atoms with E-state index < -0.39 is 0 Å². The third kappa shape index (κ3) is 3.82. The summed E-state index contributed by atoms with van der Waals surface area (Å²) in [5, 5.41) is 7.61. The lowest BCUT2D eigenvalue weighted by Crippen LogP contribution is -2.38. The standard InChI is InChI=1S/C16H22FN3O/c1-11(18-9-14-10-19-20(4)12(14)2)13(3)21-16-8-6-5-7-15(16)17/h5-8,10-11,13,18H,9H2,1-4H3/t11-,13-/m1/s1. The van der Waals surface area contributed by atoms with Crippen LogP contribution in [0.25, 0.3) is 0 Å². The first kappa shape index (κ1) is 15.5. The average Bonchev–Trinajstić information content (AvgIpc) is 2.78. The van der Waals surface area contributed by atoms with Crippen LogP contribution in [-0.2, 0) is 13.6 Å². The molecule has 0 aliphatic rings. The van der Waals surface area contributed by atoms with Crippen LogP contribution in [0.3, 0.4) is 0 Å². The SMILES string of the molecule is Cc1c(CN[C@H](C)[C@@H](C)Oc2ccccc2F)cnn1C. The van der Waals surface area contributed by atoms with Crippen LogP contribution in [0.4, 0.5) is 4.39 Å². The van der Waals surface area contributed by atoms with Gasteiger partial charge in [-0.25, -0.2) is 4.39 Å². The number of hydrogen-bond acceptors (Lipinski definition) is 3. The van der Waals surface area contributed by atoms with Gasteiger partial charge in [0.25, 0.3) is 0 Å². The Bertz CT molecular complexity index is 597. The van der Waals surface area contributed by atoms with Gasteiger partial charge in [-0.3, -0.25) is 4.68 Å². The minimum Gasteiger partial charge on any atom is -0.486 e. The summed E-state index contributed by atoms with van der Waals surface area (Å²) < 4.78 is 21.1. The Hall–Kier alpha value is -1.88. The van der Waals surface area contributed by atoms with E-state index in [9.17, 15) is 4.39 Å². The molecule has 4 nitrogen and oxygen atoms in total. The van der Waals surface area contributed by atoms with Crippen LogP contribution in [0.5, 0.6) is 5.75 Å². The zero-order valence-corrected chi connectivity index (χ0v) is 12.9. The molecule has 1 N–H and O–H groups in total. The van der Waals surface area contributed by atoms with Gasteiger partial charge in [-0.2, -0.15) is 5.10 Å². The molecular formula is C16H22FN3O. The molecule has 2 rings (SSSR count). The van der Waals surface area contributed by atoms with Crippen molar-refractivity contribution in [1.29, 1.82) is 0 Å². The van der Waals surface area contributed by atoms with Gasteiger partial charge in [-0.05, 0) is 32.9 Å². The van der Waals surface area contributed by atoms with Crippen molar-refractivity contribution in [2.45, 2.75) is 39.5 Å². The number of halogens is 1. The smallest absolute Gasteiger partial charge is 0.165 e.